The lowest BCUT2D eigenvalue weighted by atomic mass is 9.98. The van der Waals surface area contributed by atoms with Gasteiger partial charge >= 0.3 is 0 Å². The van der Waals surface area contributed by atoms with Crippen molar-refractivity contribution in [2.75, 3.05) is 19.7 Å². The lowest BCUT2D eigenvalue weighted by Crippen LogP contribution is -2.38. The second kappa shape index (κ2) is 6.41. The molecule has 0 bridgehead atoms. The minimum Gasteiger partial charge on any atom is -0.483 e. The predicted octanol–water partition coefficient (Wildman–Crippen LogP) is 1.42. The van der Waals surface area contributed by atoms with E-state index in [-0.39, 0.29) is 12.5 Å². The number of hydrogen-bond acceptors (Lipinski definition) is 3. The van der Waals surface area contributed by atoms with Crippen molar-refractivity contribution >= 4 is 11.8 Å². The maximum absolute atomic E-state index is 12.5. The summed E-state index contributed by atoms with van der Waals surface area (Å²) < 4.78 is 5.31. The van der Waals surface area contributed by atoms with Gasteiger partial charge in [0.1, 0.15) is 5.75 Å². The number of para-hydroxylation sites is 1. The van der Waals surface area contributed by atoms with Gasteiger partial charge in [0.2, 0.25) is 0 Å². The first kappa shape index (κ1) is 14.4. The number of ether oxygens (including phenoxy) is 1. The van der Waals surface area contributed by atoms with E-state index in [0.29, 0.717) is 17.2 Å². The summed E-state index contributed by atoms with van der Waals surface area (Å²) in [4.78, 5) is 25.1. The minimum absolute atomic E-state index is 0.0445. The SMILES string of the molecule is CC1CCN(C(=O)c2ccccc2OCC(N)=O)CC1. The van der Waals surface area contributed by atoms with E-state index in [0.717, 1.165) is 25.9 Å². The van der Waals surface area contributed by atoms with Crippen molar-refractivity contribution in [1.29, 1.82) is 0 Å². The molecular weight excluding hydrogens is 256 g/mol. The first-order valence-corrected chi connectivity index (χ1v) is 6.87. The van der Waals surface area contributed by atoms with Crippen molar-refractivity contribution in [3.05, 3.63) is 29.8 Å². The number of nitrogens with two attached hydrogens (primary N) is 1. The number of carbonyl (C=O) groups is 2. The fourth-order valence-electron chi connectivity index (χ4n) is 2.30. The smallest absolute Gasteiger partial charge is 0.257 e. The highest BCUT2D eigenvalue weighted by atomic mass is 16.5. The van der Waals surface area contributed by atoms with Crippen molar-refractivity contribution in [1.82, 2.24) is 4.90 Å². The molecule has 1 heterocycles. The molecule has 2 N–H and O–H groups in total. The molecule has 1 fully saturated rings. The number of rotatable bonds is 4. The van der Waals surface area contributed by atoms with Crippen molar-refractivity contribution in [3.8, 4) is 5.75 Å². The van der Waals surface area contributed by atoms with E-state index in [1.807, 2.05) is 4.90 Å². The molecule has 1 aromatic rings. The van der Waals surface area contributed by atoms with Gasteiger partial charge in [0.15, 0.2) is 6.61 Å². The summed E-state index contributed by atoms with van der Waals surface area (Å²) in [6, 6.07) is 6.96. The third-order valence-corrected chi connectivity index (χ3v) is 3.56. The highest BCUT2D eigenvalue weighted by molar-refractivity contribution is 5.97. The summed E-state index contributed by atoms with van der Waals surface area (Å²) >= 11 is 0. The molecule has 0 atom stereocenters. The summed E-state index contributed by atoms with van der Waals surface area (Å²) in [5.74, 6) is 0.478. The molecule has 0 aliphatic carbocycles. The Bertz CT molecular complexity index is 494. The Morgan fingerprint density at radius 3 is 2.60 bits per heavy atom. The van der Waals surface area contributed by atoms with E-state index in [2.05, 4.69) is 6.92 Å². The van der Waals surface area contributed by atoms with Crippen LogP contribution in [0.15, 0.2) is 24.3 Å². The third kappa shape index (κ3) is 3.50. The molecule has 0 saturated carbocycles. The number of benzene rings is 1. The lowest BCUT2D eigenvalue weighted by Gasteiger charge is -2.30. The maximum atomic E-state index is 12.5. The first-order chi connectivity index (χ1) is 9.58. The van der Waals surface area contributed by atoms with Gasteiger partial charge in [-0.1, -0.05) is 19.1 Å². The fourth-order valence-corrected chi connectivity index (χ4v) is 2.30. The quantitative estimate of drug-likeness (QED) is 0.904. The van der Waals surface area contributed by atoms with Crippen molar-refractivity contribution < 1.29 is 14.3 Å². The molecule has 1 saturated heterocycles. The summed E-state index contributed by atoms with van der Waals surface area (Å²) in [5.41, 5.74) is 5.55. The van der Waals surface area contributed by atoms with Crippen LogP contribution in [0.4, 0.5) is 0 Å². The number of amides is 2. The van der Waals surface area contributed by atoms with Crippen LogP contribution in [0.25, 0.3) is 0 Å². The molecule has 5 heteroatoms. The zero-order chi connectivity index (χ0) is 14.5. The van der Waals surface area contributed by atoms with Crippen LogP contribution >= 0.6 is 0 Å². The molecule has 2 amide bonds. The van der Waals surface area contributed by atoms with Gasteiger partial charge in [0.25, 0.3) is 11.8 Å². The van der Waals surface area contributed by atoms with Gasteiger partial charge in [-0.25, -0.2) is 0 Å². The monoisotopic (exact) mass is 276 g/mol. The van der Waals surface area contributed by atoms with Gasteiger partial charge in [-0.2, -0.15) is 0 Å². The second-order valence-corrected chi connectivity index (χ2v) is 5.23. The average molecular weight is 276 g/mol. The molecule has 0 spiro atoms. The van der Waals surface area contributed by atoms with Crippen LogP contribution < -0.4 is 10.5 Å². The van der Waals surface area contributed by atoms with Crippen LogP contribution in [0.1, 0.15) is 30.1 Å². The number of hydrogen-bond donors (Lipinski definition) is 1. The van der Waals surface area contributed by atoms with E-state index in [1.165, 1.54) is 0 Å². The second-order valence-electron chi connectivity index (χ2n) is 5.23. The van der Waals surface area contributed by atoms with Gasteiger partial charge in [0.05, 0.1) is 5.56 Å². The Hall–Kier alpha value is -2.04. The largest absolute Gasteiger partial charge is 0.483 e. The van der Waals surface area contributed by atoms with Crippen molar-refractivity contribution in [2.45, 2.75) is 19.8 Å². The Kier molecular flexibility index (Phi) is 4.61. The molecule has 0 radical (unpaired) electrons. The van der Waals surface area contributed by atoms with Gasteiger partial charge in [-0.3, -0.25) is 9.59 Å². The summed E-state index contributed by atoms with van der Waals surface area (Å²) in [6.07, 6.45) is 2.05. The molecule has 0 unspecified atom stereocenters. The van der Waals surface area contributed by atoms with E-state index < -0.39 is 5.91 Å². The Labute approximate surface area is 118 Å². The molecule has 108 valence electrons. The predicted molar refractivity (Wildman–Crippen MR) is 75.4 cm³/mol. The van der Waals surface area contributed by atoms with E-state index in [4.69, 9.17) is 10.5 Å². The molecule has 20 heavy (non-hydrogen) atoms. The molecular formula is C15H20N2O3. The number of piperidine rings is 1. The first-order valence-electron chi connectivity index (χ1n) is 6.87. The molecule has 1 aliphatic rings. The zero-order valence-corrected chi connectivity index (χ0v) is 11.7. The topological polar surface area (TPSA) is 72.6 Å². The molecule has 0 aromatic heterocycles. The van der Waals surface area contributed by atoms with E-state index in [1.54, 1.807) is 24.3 Å². The molecule has 1 aromatic carbocycles. The fraction of sp³-hybridized carbons (Fsp3) is 0.467. The van der Waals surface area contributed by atoms with Crippen LogP contribution in [0.2, 0.25) is 0 Å². The van der Waals surface area contributed by atoms with Crippen LogP contribution in [-0.4, -0.2) is 36.4 Å². The summed E-state index contributed by atoms with van der Waals surface area (Å²) in [5, 5.41) is 0. The van der Waals surface area contributed by atoms with Crippen molar-refractivity contribution in [2.24, 2.45) is 11.7 Å². The Morgan fingerprint density at radius 1 is 1.30 bits per heavy atom. The summed E-state index contributed by atoms with van der Waals surface area (Å²) in [6.45, 7) is 3.52. The number of nitrogens with zero attached hydrogens (tertiary/aromatic N) is 1. The molecule has 5 nitrogen and oxygen atoms in total. The highest BCUT2D eigenvalue weighted by Gasteiger charge is 2.23. The molecule has 2 rings (SSSR count). The Balaban J connectivity index is 2.11. The highest BCUT2D eigenvalue weighted by Crippen LogP contribution is 2.23. The third-order valence-electron chi connectivity index (χ3n) is 3.56. The standard InChI is InChI=1S/C15H20N2O3/c1-11-6-8-17(9-7-11)15(19)12-4-2-3-5-13(12)20-10-14(16)18/h2-5,11H,6-10H2,1H3,(H2,16,18). The normalized spacial score (nSPS) is 15.9. The maximum Gasteiger partial charge on any atom is 0.257 e. The lowest BCUT2D eigenvalue weighted by molar-refractivity contribution is -0.119. The Morgan fingerprint density at radius 2 is 1.95 bits per heavy atom. The number of carbonyl (C=O) groups excluding carboxylic acids is 2. The van der Waals surface area contributed by atoms with Crippen molar-refractivity contribution in [3.63, 3.8) is 0 Å². The van der Waals surface area contributed by atoms with Crippen LogP contribution in [0, 0.1) is 5.92 Å². The summed E-state index contributed by atoms with van der Waals surface area (Å²) in [7, 11) is 0. The van der Waals surface area contributed by atoms with Gasteiger partial charge in [0, 0.05) is 13.1 Å². The van der Waals surface area contributed by atoms with Crippen LogP contribution in [0.3, 0.4) is 0 Å². The van der Waals surface area contributed by atoms with E-state index >= 15 is 0 Å². The van der Waals surface area contributed by atoms with Gasteiger partial charge < -0.3 is 15.4 Å². The number of primary amides is 1. The van der Waals surface area contributed by atoms with Crippen LogP contribution in [0.5, 0.6) is 5.75 Å². The minimum atomic E-state index is -0.556. The van der Waals surface area contributed by atoms with Gasteiger partial charge in [-0.05, 0) is 30.9 Å². The van der Waals surface area contributed by atoms with Gasteiger partial charge in [-0.15, -0.1) is 0 Å². The average Bonchev–Trinajstić information content (AvgIpc) is 2.45. The molecule has 1 aliphatic heterocycles. The number of likely N-dealkylation sites (tertiary alicyclic amines) is 1. The zero-order valence-electron chi connectivity index (χ0n) is 11.7. The van der Waals surface area contributed by atoms with E-state index in [9.17, 15) is 9.59 Å². The van der Waals surface area contributed by atoms with Crippen LogP contribution in [-0.2, 0) is 4.79 Å².